The van der Waals surface area contributed by atoms with E-state index in [4.69, 9.17) is 27.7 Å². The van der Waals surface area contributed by atoms with Gasteiger partial charge in [-0.05, 0) is 31.0 Å². The van der Waals surface area contributed by atoms with Crippen molar-refractivity contribution in [2.75, 3.05) is 0 Å². The van der Waals surface area contributed by atoms with Gasteiger partial charge in [0.2, 0.25) is 5.89 Å². The zero-order valence-corrected chi connectivity index (χ0v) is 14.4. The normalized spacial score (nSPS) is 11.0. The molecular weight excluding hydrogens is 351 g/mol. The largest absolute Gasteiger partial charge is 0.337 e. The predicted octanol–water partition coefficient (Wildman–Crippen LogP) is 3.08. The van der Waals surface area contributed by atoms with E-state index < -0.39 is 0 Å². The molecule has 0 atom stereocenters. The minimum atomic E-state index is -0.226. The van der Waals surface area contributed by atoms with Crippen molar-refractivity contribution in [2.24, 2.45) is 0 Å². The number of benzene rings is 1. The maximum absolute atomic E-state index is 12.1. The lowest BCUT2D eigenvalue weighted by molar-refractivity contribution is 0.364. The van der Waals surface area contributed by atoms with Gasteiger partial charge in [0.25, 0.3) is 5.56 Å². The minimum Gasteiger partial charge on any atom is -0.337 e. The van der Waals surface area contributed by atoms with Crippen LogP contribution in [0.3, 0.4) is 0 Å². The molecule has 0 radical (unpaired) electrons. The van der Waals surface area contributed by atoms with Crippen LogP contribution in [-0.2, 0) is 19.4 Å². The van der Waals surface area contributed by atoms with Gasteiger partial charge < -0.3 is 4.52 Å². The zero-order valence-electron chi connectivity index (χ0n) is 12.9. The number of hydrogen-bond donors (Lipinski definition) is 0. The minimum absolute atomic E-state index is 0.164. The molecule has 0 amide bonds. The van der Waals surface area contributed by atoms with Crippen molar-refractivity contribution in [1.29, 1.82) is 0 Å². The van der Waals surface area contributed by atoms with Crippen molar-refractivity contribution in [3.63, 3.8) is 0 Å². The summed E-state index contributed by atoms with van der Waals surface area (Å²) in [6.45, 7) is 1.79. The lowest BCUT2D eigenvalue weighted by Crippen LogP contribution is -2.23. The molecule has 0 unspecified atom stereocenters. The molecule has 1 aromatic carbocycles. The molecule has 0 aliphatic rings. The van der Waals surface area contributed by atoms with Crippen molar-refractivity contribution in [3.05, 3.63) is 74.0 Å². The molecule has 0 saturated carbocycles. The Balaban J connectivity index is 1.66. The monoisotopic (exact) mass is 364 g/mol. The Morgan fingerprint density at radius 1 is 1.17 bits per heavy atom. The standard InChI is InChI=1S/C16H14Cl2N4O2/c1-10-15(18)19-9-22(16(10)23)8-14-20-13(21-24-14)7-4-11-2-5-12(17)6-3-11/h2-3,5-6,9H,4,7-8H2,1H3. The first-order chi connectivity index (χ1) is 11.5. The summed E-state index contributed by atoms with van der Waals surface area (Å²) in [6, 6.07) is 7.62. The highest BCUT2D eigenvalue weighted by molar-refractivity contribution is 6.30. The summed E-state index contributed by atoms with van der Waals surface area (Å²) in [5.74, 6) is 0.943. The molecule has 6 nitrogen and oxygen atoms in total. The van der Waals surface area contributed by atoms with Crippen molar-refractivity contribution >= 4 is 23.2 Å². The topological polar surface area (TPSA) is 73.8 Å². The Labute approximate surface area is 148 Å². The highest BCUT2D eigenvalue weighted by Gasteiger charge is 2.11. The molecule has 0 spiro atoms. The molecule has 24 heavy (non-hydrogen) atoms. The highest BCUT2D eigenvalue weighted by atomic mass is 35.5. The van der Waals surface area contributed by atoms with Gasteiger partial charge >= 0.3 is 0 Å². The van der Waals surface area contributed by atoms with E-state index in [9.17, 15) is 4.79 Å². The fraction of sp³-hybridized carbons (Fsp3) is 0.250. The van der Waals surface area contributed by atoms with Crippen LogP contribution in [0, 0.1) is 6.92 Å². The summed E-state index contributed by atoms with van der Waals surface area (Å²) in [5, 5.41) is 4.85. The first kappa shape index (κ1) is 16.7. The number of nitrogens with zero attached hydrogens (tertiary/aromatic N) is 4. The molecule has 0 bridgehead atoms. The average molecular weight is 365 g/mol. The van der Waals surface area contributed by atoms with Crippen LogP contribution in [0.15, 0.2) is 39.9 Å². The van der Waals surface area contributed by atoms with Crippen molar-refractivity contribution in [3.8, 4) is 0 Å². The van der Waals surface area contributed by atoms with E-state index in [1.165, 1.54) is 10.9 Å². The first-order valence-electron chi connectivity index (χ1n) is 7.30. The van der Waals surface area contributed by atoms with Crippen LogP contribution < -0.4 is 5.56 Å². The summed E-state index contributed by atoms with van der Waals surface area (Å²) < 4.78 is 6.59. The number of aryl methyl sites for hydroxylation is 2. The molecule has 0 saturated heterocycles. The molecule has 0 aliphatic carbocycles. The summed E-state index contributed by atoms with van der Waals surface area (Å²) >= 11 is 11.7. The second-order valence-electron chi connectivity index (χ2n) is 5.32. The maximum atomic E-state index is 12.1. The van der Waals surface area contributed by atoms with E-state index in [0.29, 0.717) is 28.7 Å². The molecule has 2 heterocycles. The summed E-state index contributed by atoms with van der Waals surface area (Å²) in [6.07, 6.45) is 2.78. The molecular formula is C16H14Cl2N4O2. The van der Waals surface area contributed by atoms with Crippen LogP contribution >= 0.6 is 23.2 Å². The van der Waals surface area contributed by atoms with Gasteiger partial charge in [-0.25, -0.2) is 4.98 Å². The van der Waals surface area contributed by atoms with E-state index in [-0.39, 0.29) is 17.3 Å². The van der Waals surface area contributed by atoms with Gasteiger partial charge in [0.1, 0.15) is 11.7 Å². The summed E-state index contributed by atoms with van der Waals surface area (Å²) in [7, 11) is 0. The van der Waals surface area contributed by atoms with E-state index in [1.807, 2.05) is 24.3 Å². The van der Waals surface area contributed by atoms with Gasteiger partial charge in [0, 0.05) is 11.4 Å². The van der Waals surface area contributed by atoms with Crippen LogP contribution in [0.25, 0.3) is 0 Å². The molecule has 0 N–H and O–H groups in total. The molecule has 3 rings (SSSR count). The Kier molecular flexibility index (Phi) is 4.97. The number of hydrogen-bond acceptors (Lipinski definition) is 5. The SMILES string of the molecule is Cc1c(Cl)ncn(Cc2nc(CCc3ccc(Cl)cc3)no2)c1=O. The van der Waals surface area contributed by atoms with Gasteiger partial charge in [-0.2, -0.15) is 4.98 Å². The second kappa shape index (κ2) is 7.15. The zero-order chi connectivity index (χ0) is 17.1. The molecule has 3 aromatic rings. The van der Waals surface area contributed by atoms with E-state index in [0.717, 1.165) is 12.0 Å². The Morgan fingerprint density at radius 2 is 1.92 bits per heavy atom. The number of rotatable bonds is 5. The van der Waals surface area contributed by atoms with Gasteiger partial charge in [0.15, 0.2) is 5.82 Å². The van der Waals surface area contributed by atoms with Crippen molar-refractivity contribution in [1.82, 2.24) is 19.7 Å². The molecule has 124 valence electrons. The molecule has 2 aromatic heterocycles. The number of aromatic nitrogens is 4. The van der Waals surface area contributed by atoms with Crippen LogP contribution in [0.2, 0.25) is 10.2 Å². The van der Waals surface area contributed by atoms with E-state index in [2.05, 4.69) is 15.1 Å². The predicted molar refractivity (Wildman–Crippen MR) is 90.5 cm³/mol. The van der Waals surface area contributed by atoms with Crippen LogP contribution in [-0.4, -0.2) is 19.7 Å². The Bertz CT molecular complexity index is 903. The number of halogens is 2. The van der Waals surface area contributed by atoms with Gasteiger partial charge in [-0.15, -0.1) is 0 Å². The third kappa shape index (κ3) is 3.83. The van der Waals surface area contributed by atoms with E-state index >= 15 is 0 Å². The lowest BCUT2D eigenvalue weighted by Gasteiger charge is -2.03. The van der Waals surface area contributed by atoms with Gasteiger partial charge in [-0.3, -0.25) is 9.36 Å². The van der Waals surface area contributed by atoms with Crippen molar-refractivity contribution in [2.45, 2.75) is 26.3 Å². The smallest absolute Gasteiger partial charge is 0.258 e. The maximum Gasteiger partial charge on any atom is 0.258 e. The molecule has 0 aliphatic heterocycles. The van der Waals surface area contributed by atoms with Gasteiger partial charge in [-0.1, -0.05) is 40.5 Å². The quantitative estimate of drug-likeness (QED) is 0.650. The Morgan fingerprint density at radius 3 is 2.67 bits per heavy atom. The second-order valence-corrected chi connectivity index (χ2v) is 6.12. The van der Waals surface area contributed by atoms with Gasteiger partial charge in [0.05, 0.1) is 11.9 Å². The summed E-state index contributed by atoms with van der Waals surface area (Å²) in [5.41, 5.74) is 1.30. The fourth-order valence-corrected chi connectivity index (χ4v) is 2.45. The van der Waals surface area contributed by atoms with Crippen LogP contribution in [0.1, 0.15) is 22.8 Å². The third-order valence-corrected chi connectivity index (χ3v) is 4.20. The van der Waals surface area contributed by atoms with Crippen molar-refractivity contribution < 1.29 is 4.52 Å². The molecule has 8 heteroatoms. The summed E-state index contributed by atoms with van der Waals surface area (Å²) in [4.78, 5) is 20.3. The highest BCUT2D eigenvalue weighted by Crippen LogP contribution is 2.12. The van der Waals surface area contributed by atoms with Crippen LogP contribution in [0.4, 0.5) is 0 Å². The third-order valence-electron chi connectivity index (χ3n) is 3.57. The first-order valence-corrected chi connectivity index (χ1v) is 8.06. The molecule has 0 fully saturated rings. The lowest BCUT2D eigenvalue weighted by atomic mass is 10.1. The Hall–Kier alpha value is -2.18. The van der Waals surface area contributed by atoms with E-state index in [1.54, 1.807) is 6.92 Å². The fourth-order valence-electron chi connectivity index (χ4n) is 2.19. The van der Waals surface area contributed by atoms with Crippen LogP contribution in [0.5, 0.6) is 0 Å². The average Bonchev–Trinajstić information content (AvgIpc) is 3.02.